The van der Waals surface area contributed by atoms with E-state index < -0.39 is 0 Å². The number of carbonyl (C=O) groups is 3. The van der Waals surface area contributed by atoms with E-state index in [0.29, 0.717) is 41.3 Å². The fourth-order valence-corrected chi connectivity index (χ4v) is 4.46. The third-order valence-corrected chi connectivity index (χ3v) is 6.25. The van der Waals surface area contributed by atoms with Gasteiger partial charge in [0.25, 0.3) is 17.7 Å². The van der Waals surface area contributed by atoms with E-state index >= 15 is 0 Å². The molecular weight excluding hydrogens is 440 g/mol. The van der Waals surface area contributed by atoms with Crippen molar-refractivity contribution in [1.82, 2.24) is 10.2 Å². The van der Waals surface area contributed by atoms with Crippen molar-refractivity contribution in [2.24, 2.45) is 0 Å². The SMILES string of the molecule is O=C(NC1CCOc2ccc(Cl)cc21)c1ccc2c(c1)C(=O)N(CCc1ccccc1)C2=O. The number of hydrogen-bond donors (Lipinski definition) is 1. The lowest BCUT2D eigenvalue weighted by atomic mass is 9.99. The zero-order valence-corrected chi connectivity index (χ0v) is 18.5. The largest absolute Gasteiger partial charge is 0.493 e. The molecule has 3 amide bonds. The summed E-state index contributed by atoms with van der Waals surface area (Å²) in [5, 5.41) is 3.57. The van der Waals surface area contributed by atoms with Gasteiger partial charge in [-0.3, -0.25) is 19.3 Å². The number of benzene rings is 3. The van der Waals surface area contributed by atoms with Crippen molar-refractivity contribution in [3.8, 4) is 5.75 Å². The van der Waals surface area contributed by atoms with Gasteiger partial charge in [-0.2, -0.15) is 0 Å². The van der Waals surface area contributed by atoms with Crippen LogP contribution in [0.3, 0.4) is 0 Å². The summed E-state index contributed by atoms with van der Waals surface area (Å²) in [6.45, 7) is 0.768. The fraction of sp³-hybridized carbons (Fsp3) is 0.192. The summed E-state index contributed by atoms with van der Waals surface area (Å²) < 4.78 is 5.65. The summed E-state index contributed by atoms with van der Waals surface area (Å²) in [6.07, 6.45) is 1.18. The van der Waals surface area contributed by atoms with E-state index in [1.165, 1.54) is 11.0 Å². The maximum Gasteiger partial charge on any atom is 0.261 e. The summed E-state index contributed by atoms with van der Waals surface area (Å²) >= 11 is 6.13. The highest BCUT2D eigenvalue weighted by Crippen LogP contribution is 2.34. The summed E-state index contributed by atoms with van der Waals surface area (Å²) in [6, 6.07) is 19.4. The third-order valence-electron chi connectivity index (χ3n) is 6.02. The van der Waals surface area contributed by atoms with Gasteiger partial charge in [-0.05, 0) is 48.4 Å². The number of fused-ring (bicyclic) bond motifs is 2. The molecule has 6 nitrogen and oxygen atoms in total. The Labute approximate surface area is 196 Å². The molecule has 0 spiro atoms. The van der Waals surface area contributed by atoms with Crippen LogP contribution in [0.5, 0.6) is 5.75 Å². The van der Waals surface area contributed by atoms with Crippen LogP contribution in [0.15, 0.2) is 66.7 Å². The van der Waals surface area contributed by atoms with Gasteiger partial charge in [-0.15, -0.1) is 0 Å². The van der Waals surface area contributed by atoms with Crippen LogP contribution in [0.25, 0.3) is 0 Å². The lowest BCUT2D eigenvalue weighted by molar-refractivity contribution is 0.0656. The molecule has 2 aliphatic heterocycles. The molecule has 0 aliphatic carbocycles. The van der Waals surface area contributed by atoms with Crippen LogP contribution in [0, 0.1) is 0 Å². The van der Waals surface area contributed by atoms with Crippen molar-refractivity contribution >= 4 is 29.3 Å². The number of carbonyl (C=O) groups excluding carboxylic acids is 3. The van der Waals surface area contributed by atoms with Crippen molar-refractivity contribution < 1.29 is 19.1 Å². The number of imide groups is 1. The van der Waals surface area contributed by atoms with Gasteiger partial charge >= 0.3 is 0 Å². The lowest BCUT2D eigenvalue weighted by Gasteiger charge is -2.27. The molecule has 1 N–H and O–H groups in total. The Bertz CT molecular complexity index is 1260. The van der Waals surface area contributed by atoms with Gasteiger partial charge in [0, 0.05) is 29.1 Å². The Morgan fingerprint density at radius 1 is 1.00 bits per heavy atom. The van der Waals surface area contributed by atoms with Crippen molar-refractivity contribution in [2.75, 3.05) is 13.2 Å². The lowest BCUT2D eigenvalue weighted by Crippen LogP contribution is -2.32. The summed E-state index contributed by atoms with van der Waals surface area (Å²) in [5.74, 6) is -0.326. The van der Waals surface area contributed by atoms with Crippen LogP contribution in [-0.2, 0) is 6.42 Å². The molecule has 166 valence electrons. The number of rotatable bonds is 5. The van der Waals surface area contributed by atoms with Crippen LogP contribution in [-0.4, -0.2) is 35.8 Å². The second kappa shape index (κ2) is 8.71. The highest BCUT2D eigenvalue weighted by Gasteiger charge is 2.36. The van der Waals surface area contributed by atoms with Gasteiger partial charge in [-0.25, -0.2) is 0 Å². The predicted octanol–water partition coefficient (Wildman–Crippen LogP) is 4.43. The van der Waals surface area contributed by atoms with E-state index in [0.717, 1.165) is 11.1 Å². The second-order valence-electron chi connectivity index (χ2n) is 8.10. The molecule has 0 saturated heterocycles. The molecule has 0 saturated carbocycles. The monoisotopic (exact) mass is 460 g/mol. The molecule has 0 radical (unpaired) electrons. The first-order valence-corrected chi connectivity index (χ1v) is 11.2. The summed E-state index contributed by atoms with van der Waals surface area (Å²) in [4.78, 5) is 39.9. The minimum absolute atomic E-state index is 0.257. The van der Waals surface area contributed by atoms with E-state index in [9.17, 15) is 14.4 Å². The highest BCUT2D eigenvalue weighted by molar-refractivity contribution is 6.30. The maximum absolute atomic E-state index is 13.0. The molecular formula is C26H21ClN2O4. The molecule has 0 fully saturated rings. The first kappa shape index (κ1) is 21.2. The van der Waals surface area contributed by atoms with Gasteiger partial charge < -0.3 is 10.1 Å². The highest BCUT2D eigenvalue weighted by atomic mass is 35.5. The van der Waals surface area contributed by atoms with Gasteiger partial charge in [0.2, 0.25) is 0 Å². The molecule has 7 heteroatoms. The molecule has 33 heavy (non-hydrogen) atoms. The Morgan fingerprint density at radius 3 is 2.61 bits per heavy atom. The number of hydrogen-bond acceptors (Lipinski definition) is 4. The van der Waals surface area contributed by atoms with E-state index in [1.54, 1.807) is 30.3 Å². The smallest absolute Gasteiger partial charge is 0.261 e. The van der Waals surface area contributed by atoms with Crippen molar-refractivity contribution in [2.45, 2.75) is 18.9 Å². The van der Waals surface area contributed by atoms with E-state index in [2.05, 4.69) is 5.32 Å². The van der Waals surface area contributed by atoms with Gasteiger partial charge in [0.15, 0.2) is 0 Å². The number of ether oxygens (including phenoxy) is 1. The fourth-order valence-electron chi connectivity index (χ4n) is 4.28. The first-order chi connectivity index (χ1) is 16.0. The molecule has 1 atom stereocenters. The minimum Gasteiger partial charge on any atom is -0.493 e. The van der Waals surface area contributed by atoms with Crippen molar-refractivity contribution in [1.29, 1.82) is 0 Å². The average Bonchev–Trinajstić information content (AvgIpc) is 3.07. The molecule has 5 rings (SSSR count). The number of amides is 3. The Hall–Kier alpha value is -3.64. The van der Waals surface area contributed by atoms with Gasteiger partial charge in [0.1, 0.15) is 5.75 Å². The summed E-state index contributed by atoms with van der Waals surface area (Å²) in [5.41, 5.74) is 2.78. The number of halogens is 1. The van der Waals surface area contributed by atoms with Crippen LogP contribution in [0.1, 0.15) is 54.7 Å². The molecule has 3 aromatic rings. The number of nitrogens with one attached hydrogen (secondary N) is 1. The summed E-state index contributed by atoms with van der Waals surface area (Å²) in [7, 11) is 0. The van der Waals surface area contributed by atoms with E-state index in [1.807, 2.05) is 30.3 Å². The molecule has 1 unspecified atom stereocenters. The zero-order chi connectivity index (χ0) is 22.9. The Kier molecular flexibility index (Phi) is 5.60. The van der Waals surface area contributed by atoms with Crippen molar-refractivity contribution in [3.05, 3.63) is 99.6 Å². The Morgan fingerprint density at radius 2 is 1.79 bits per heavy atom. The minimum atomic E-state index is -0.372. The third kappa shape index (κ3) is 4.10. The molecule has 2 heterocycles. The molecule has 3 aromatic carbocycles. The van der Waals surface area contributed by atoms with E-state index in [-0.39, 0.29) is 35.9 Å². The molecule has 0 bridgehead atoms. The second-order valence-corrected chi connectivity index (χ2v) is 8.54. The topological polar surface area (TPSA) is 75.7 Å². The Balaban J connectivity index is 1.32. The van der Waals surface area contributed by atoms with Crippen LogP contribution in [0.4, 0.5) is 0 Å². The first-order valence-electron chi connectivity index (χ1n) is 10.8. The van der Waals surface area contributed by atoms with Crippen LogP contribution >= 0.6 is 11.6 Å². The maximum atomic E-state index is 13.0. The quantitative estimate of drug-likeness (QED) is 0.571. The van der Waals surface area contributed by atoms with Crippen LogP contribution in [0.2, 0.25) is 5.02 Å². The van der Waals surface area contributed by atoms with Crippen LogP contribution < -0.4 is 10.1 Å². The average molecular weight is 461 g/mol. The van der Waals surface area contributed by atoms with Gasteiger partial charge in [-0.1, -0.05) is 41.9 Å². The molecule has 2 aliphatic rings. The zero-order valence-electron chi connectivity index (χ0n) is 17.7. The van der Waals surface area contributed by atoms with E-state index in [4.69, 9.17) is 16.3 Å². The predicted molar refractivity (Wildman–Crippen MR) is 124 cm³/mol. The standard InChI is InChI=1S/C26H21ClN2O4/c27-18-7-9-23-21(15-18)22(11-13-33-23)28-24(30)17-6-8-19-20(14-17)26(32)29(25(19)31)12-10-16-4-2-1-3-5-16/h1-9,14-15,22H,10-13H2,(H,28,30). The molecule has 0 aromatic heterocycles. The van der Waals surface area contributed by atoms with Gasteiger partial charge in [0.05, 0.1) is 23.8 Å². The number of nitrogens with zero attached hydrogens (tertiary/aromatic N) is 1. The normalized spacial score (nSPS) is 16.8. The van der Waals surface area contributed by atoms with Crippen molar-refractivity contribution in [3.63, 3.8) is 0 Å².